The van der Waals surface area contributed by atoms with Gasteiger partial charge in [0.1, 0.15) is 5.60 Å². The number of aliphatic hydroxyl groups is 1. The monoisotopic (exact) mass is 241 g/mol. The minimum atomic E-state index is -0.601. The summed E-state index contributed by atoms with van der Waals surface area (Å²) in [5.41, 5.74) is 0.379. The molecule has 1 saturated heterocycles. The van der Waals surface area contributed by atoms with Crippen molar-refractivity contribution >= 4 is 11.6 Å². The molecule has 1 fully saturated rings. The van der Waals surface area contributed by atoms with E-state index in [1.807, 2.05) is 24.3 Å². The summed E-state index contributed by atoms with van der Waals surface area (Å²) in [4.78, 5) is 0. The van der Waals surface area contributed by atoms with Crippen molar-refractivity contribution in [3.63, 3.8) is 0 Å². The lowest BCUT2D eigenvalue weighted by Gasteiger charge is -2.41. The van der Waals surface area contributed by atoms with Crippen LogP contribution in [0.1, 0.15) is 12.0 Å². The van der Waals surface area contributed by atoms with Crippen molar-refractivity contribution in [1.82, 2.24) is 5.32 Å². The fourth-order valence-electron chi connectivity index (χ4n) is 2.27. The largest absolute Gasteiger partial charge is 0.388 e. The normalized spacial score (nSPS) is 30.3. The fourth-order valence-corrected chi connectivity index (χ4v) is 2.40. The molecule has 0 amide bonds. The van der Waals surface area contributed by atoms with Gasteiger partial charge in [0, 0.05) is 18.7 Å². The van der Waals surface area contributed by atoms with E-state index in [1.165, 1.54) is 0 Å². The zero-order valence-corrected chi connectivity index (χ0v) is 10.00. The quantitative estimate of drug-likeness (QED) is 0.825. The Labute approximate surface area is 100 Å². The van der Waals surface area contributed by atoms with Crippen LogP contribution in [-0.4, -0.2) is 31.4 Å². The number of halogens is 1. The van der Waals surface area contributed by atoms with Crippen LogP contribution in [-0.2, 0) is 10.3 Å². The Balaban J connectivity index is 2.36. The smallest absolute Gasteiger partial charge is 0.121 e. The van der Waals surface area contributed by atoms with E-state index in [-0.39, 0.29) is 0 Å². The standard InChI is InChI=1S/C12H16ClNO2/c1-16-12(6-7-14-8-11(12)15)9-2-4-10(13)5-3-9/h2-5,11,14-15H,6-8H2,1H3/t11-,12+/m0/s1. The minimum Gasteiger partial charge on any atom is -0.388 e. The lowest BCUT2D eigenvalue weighted by Crippen LogP contribution is -2.53. The van der Waals surface area contributed by atoms with E-state index in [9.17, 15) is 5.11 Å². The third-order valence-corrected chi connectivity index (χ3v) is 3.50. The molecule has 0 spiro atoms. The molecule has 2 atom stereocenters. The maximum absolute atomic E-state index is 10.1. The molecule has 2 N–H and O–H groups in total. The maximum Gasteiger partial charge on any atom is 0.121 e. The van der Waals surface area contributed by atoms with Crippen molar-refractivity contribution < 1.29 is 9.84 Å². The first-order valence-corrected chi connectivity index (χ1v) is 5.77. The second-order valence-electron chi connectivity index (χ2n) is 4.07. The second-order valence-corrected chi connectivity index (χ2v) is 4.51. The van der Waals surface area contributed by atoms with Gasteiger partial charge >= 0.3 is 0 Å². The van der Waals surface area contributed by atoms with Gasteiger partial charge in [-0.05, 0) is 30.7 Å². The molecule has 0 bridgehead atoms. The van der Waals surface area contributed by atoms with E-state index < -0.39 is 11.7 Å². The third-order valence-electron chi connectivity index (χ3n) is 3.25. The Morgan fingerprint density at radius 1 is 1.44 bits per heavy atom. The minimum absolute atomic E-state index is 0.535. The summed E-state index contributed by atoms with van der Waals surface area (Å²) in [5, 5.41) is 14.0. The molecule has 16 heavy (non-hydrogen) atoms. The Kier molecular flexibility index (Phi) is 3.50. The molecule has 1 heterocycles. The zero-order valence-electron chi connectivity index (χ0n) is 9.24. The molecule has 1 aliphatic rings. The molecular weight excluding hydrogens is 226 g/mol. The van der Waals surface area contributed by atoms with E-state index in [1.54, 1.807) is 7.11 Å². The molecule has 0 saturated carbocycles. The highest BCUT2D eigenvalue weighted by molar-refractivity contribution is 6.30. The van der Waals surface area contributed by atoms with Crippen molar-refractivity contribution in [3.8, 4) is 0 Å². The van der Waals surface area contributed by atoms with Gasteiger partial charge in [0.15, 0.2) is 0 Å². The molecule has 88 valence electrons. The van der Waals surface area contributed by atoms with Crippen LogP contribution in [0.25, 0.3) is 0 Å². The average molecular weight is 242 g/mol. The van der Waals surface area contributed by atoms with E-state index in [0.717, 1.165) is 18.5 Å². The van der Waals surface area contributed by atoms with Crippen LogP contribution in [0.15, 0.2) is 24.3 Å². The average Bonchev–Trinajstić information content (AvgIpc) is 2.31. The van der Waals surface area contributed by atoms with Crippen molar-refractivity contribution in [3.05, 3.63) is 34.9 Å². The van der Waals surface area contributed by atoms with Crippen LogP contribution in [0.5, 0.6) is 0 Å². The SMILES string of the molecule is CO[C@@]1(c2ccc(Cl)cc2)CCNC[C@@H]1O. The van der Waals surface area contributed by atoms with Crippen LogP contribution >= 0.6 is 11.6 Å². The molecule has 1 aliphatic heterocycles. The third kappa shape index (κ3) is 1.96. The molecule has 4 heteroatoms. The lowest BCUT2D eigenvalue weighted by atomic mass is 9.82. The van der Waals surface area contributed by atoms with Crippen LogP contribution in [0.2, 0.25) is 5.02 Å². The fraction of sp³-hybridized carbons (Fsp3) is 0.500. The number of methoxy groups -OCH3 is 1. The molecule has 3 nitrogen and oxygen atoms in total. The summed E-state index contributed by atoms with van der Waals surface area (Å²) in [6.45, 7) is 1.39. The molecule has 1 aromatic rings. The van der Waals surface area contributed by atoms with Gasteiger partial charge in [-0.3, -0.25) is 0 Å². The second kappa shape index (κ2) is 4.72. The van der Waals surface area contributed by atoms with Crippen molar-refractivity contribution in [2.45, 2.75) is 18.1 Å². The number of ether oxygens (including phenoxy) is 1. The summed E-state index contributed by atoms with van der Waals surface area (Å²) in [5.74, 6) is 0. The van der Waals surface area contributed by atoms with Crippen LogP contribution < -0.4 is 5.32 Å². The Hall–Kier alpha value is -0.610. The van der Waals surface area contributed by atoms with Crippen molar-refractivity contribution in [2.75, 3.05) is 20.2 Å². The highest BCUT2D eigenvalue weighted by Gasteiger charge is 2.41. The summed E-state index contributed by atoms with van der Waals surface area (Å²) in [6.07, 6.45) is 0.221. The maximum atomic E-state index is 10.1. The summed E-state index contributed by atoms with van der Waals surface area (Å²) < 4.78 is 5.58. The Bertz CT molecular complexity index is 355. The first-order chi connectivity index (χ1) is 7.69. The number of benzene rings is 1. The first kappa shape index (κ1) is 11.9. The van der Waals surface area contributed by atoms with Crippen LogP contribution in [0.3, 0.4) is 0 Å². The van der Waals surface area contributed by atoms with E-state index >= 15 is 0 Å². The number of hydrogen-bond donors (Lipinski definition) is 2. The van der Waals surface area contributed by atoms with Crippen LogP contribution in [0.4, 0.5) is 0 Å². The van der Waals surface area contributed by atoms with Crippen LogP contribution in [0, 0.1) is 0 Å². The molecule has 0 aliphatic carbocycles. The van der Waals surface area contributed by atoms with Crippen molar-refractivity contribution in [2.24, 2.45) is 0 Å². The van der Waals surface area contributed by atoms with Gasteiger partial charge in [-0.25, -0.2) is 0 Å². The summed E-state index contributed by atoms with van der Waals surface area (Å²) in [6, 6.07) is 7.49. The molecule has 0 radical (unpaired) electrons. The van der Waals surface area contributed by atoms with Gasteiger partial charge < -0.3 is 15.2 Å². The predicted octanol–water partition coefficient (Wildman–Crippen LogP) is 1.54. The first-order valence-electron chi connectivity index (χ1n) is 5.39. The van der Waals surface area contributed by atoms with Gasteiger partial charge in [0.2, 0.25) is 0 Å². The van der Waals surface area contributed by atoms with E-state index in [2.05, 4.69) is 5.32 Å². The number of β-amino-alcohol motifs (C(OH)–C–C–N with tert-alkyl or cyclic N) is 1. The molecule has 0 aromatic heterocycles. The number of aliphatic hydroxyl groups excluding tert-OH is 1. The molecule has 1 aromatic carbocycles. The Morgan fingerprint density at radius 2 is 2.12 bits per heavy atom. The topological polar surface area (TPSA) is 41.5 Å². The van der Waals surface area contributed by atoms with E-state index in [0.29, 0.717) is 11.6 Å². The van der Waals surface area contributed by atoms with Crippen molar-refractivity contribution in [1.29, 1.82) is 0 Å². The molecule has 0 unspecified atom stereocenters. The zero-order chi connectivity index (χ0) is 11.6. The number of nitrogens with one attached hydrogen (secondary N) is 1. The highest BCUT2D eigenvalue weighted by atomic mass is 35.5. The molecular formula is C12H16ClNO2. The number of rotatable bonds is 2. The summed E-state index contributed by atoms with van der Waals surface area (Å²) >= 11 is 5.86. The van der Waals surface area contributed by atoms with Gasteiger partial charge in [0.25, 0.3) is 0 Å². The lowest BCUT2D eigenvalue weighted by molar-refractivity contribution is -0.124. The summed E-state index contributed by atoms with van der Waals surface area (Å²) in [7, 11) is 1.64. The highest BCUT2D eigenvalue weighted by Crippen LogP contribution is 2.34. The van der Waals surface area contributed by atoms with E-state index in [4.69, 9.17) is 16.3 Å². The van der Waals surface area contributed by atoms with Gasteiger partial charge in [-0.2, -0.15) is 0 Å². The predicted molar refractivity (Wildman–Crippen MR) is 63.6 cm³/mol. The molecule has 2 rings (SSSR count). The van der Waals surface area contributed by atoms with Gasteiger partial charge in [-0.1, -0.05) is 23.7 Å². The number of hydrogen-bond acceptors (Lipinski definition) is 3. The van der Waals surface area contributed by atoms with Gasteiger partial charge in [0.05, 0.1) is 6.10 Å². The number of piperidine rings is 1. The Morgan fingerprint density at radius 3 is 2.69 bits per heavy atom. The van der Waals surface area contributed by atoms with Gasteiger partial charge in [-0.15, -0.1) is 0 Å².